The summed E-state index contributed by atoms with van der Waals surface area (Å²) in [5.41, 5.74) is 4.62. The summed E-state index contributed by atoms with van der Waals surface area (Å²) in [6.07, 6.45) is 1.50. The third kappa shape index (κ3) is 5.58. The van der Waals surface area contributed by atoms with Crippen molar-refractivity contribution >= 4 is 51.3 Å². The van der Waals surface area contributed by atoms with Crippen molar-refractivity contribution in [3.63, 3.8) is 0 Å². The molecular formula is C21H15BrCl2N2O2. The summed E-state index contributed by atoms with van der Waals surface area (Å²) in [6, 6.07) is 19.7. The van der Waals surface area contributed by atoms with Gasteiger partial charge >= 0.3 is 0 Å². The van der Waals surface area contributed by atoms with E-state index in [2.05, 4.69) is 26.5 Å². The average molecular weight is 478 g/mol. The maximum absolute atomic E-state index is 12.2. The summed E-state index contributed by atoms with van der Waals surface area (Å²) in [7, 11) is 0. The van der Waals surface area contributed by atoms with Gasteiger partial charge in [0, 0.05) is 20.1 Å². The topological polar surface area (TPSA) is 50.7 Å². The number of nitrogens with one attached hydrogen (secondary N) is 1. The van der Waals surface area contributed by atoms with Gasteiger partial charge in [-0.3, -0.25) is 4.79 Å². The normalized spacial score (nSPS) is 10.8. The molecule has 0 fully saturated rings. The summed E-state index contributed by atoms with van der Waals surface area (Å²) in [4.78, 5) is 12.2. The maximum atomic E-state index is 12.2. The number of amides is 1. The van der Waals surface area contributed by atoms with E-state index in [1.165, 1.54) is 6.21 Å². The van der Waals surface area contributed by atoms with Crippen molar-refractivity contribution in [3.05, 3.63) is 97.9 Å². The van der Waals surface area contributed by atoms with E-state index in [1.807, 2.05) is 30.3 Å². The Bertz CT molecular complexity index is 1010. The van der Waals surface area contributed by atoms with Crippen LogP contribution in [-0.2, 0) is 6.61 Å². The fraction of sp³-hybridized carbons (Fsp3) is 0.0476. The Morgan fingerprint density at radius 3 is 2.50 bits per heavy atom. The first-order chi connectivity index (χ1) is 13.5. The highest BCUT2D eigenvalue weighted by molar-refractivity contribution is 9.10. The molecule has 0 saturated heterocycles. The number of hydrogen-bond acceptors (Lipinski definition) is 3. The molecule has 3 rings (SSSR count). The molecule has 0 aliphatic rings. The average Bonchev–Trinajstić information content (AvgIpc) is 2.69. The Morgan fingerprint density at radius 2 is 1.75 bits per heavy atom. The van der Waals surface area contributed by atoms with E-state index >= 15 is 0 Å². The predicted molar refractivity (Wildman–Crippen MR) is 116 cm³/mol. The molecule has 3 aromatic carbocycles. The molecule has 0 aliphatic heterocycles. The Hall–Kier alpha value is -2.34. The van der Waals surface area contributed by atoms with Gasteiger partial charge in [0.2, 0.25) is 0 Å². The largest absolute Gasteiger partial charge is 0.488 e. The van der Waals surface area contributed by atoms with E-state index < -0.39 is 0 Å². The quantitative estimate of drug-likeness (QED) is 0.344. The zero-order valence-electron chi connectivity index (χ0n) is 14.5. The van der Waals surface area contributed by atoms with Crippen LogP contribution in [0, 0.1) is 0 Å². The van der Waals surface area contributed by atoms with Crippen LogP contribution in [0.1, 0.15) is 21.5 Å². The molecule has 142 valence electrons. The van der Waals surface area contributed by atoms with Crippen LogP contribution in [0.25, 0.3) is 0 Å². The lowest BCUT2D eigenvalue weighted by atomic mass is 10.2. The highest BCUT2D eigenvalue weighted by Gasteiger charge is 2.08. The van der Waals surface area contributed by atoms with Gasteiger partial charge in [-0.2, -0.15) is 5.10 Å². The van der Waals surface area contributed by atoms with E-state index in [1.54, 1.807) is 36.4 Å². The van der Waals surface area contributed by atoms with Crippen molar-refractivity contribution in [2.75, 3.05) is 0 Å². The molecule has 28 heavy (non-hydrogen) atoms. The molecule has 4 nitrogen and oxygen atoms in total. The summed E-state index contributed by atoms with van der Waals surface area (Å²) in [5, 5.41) is 5.24. The van der Waals surface area contributed by atoms with Gasteiger partial charge in [0.25, 0.3) is 5.91 Å². The number of ether oxygens (including phenoxy) is 1. The highest BCUT2D eigenvalue weighted by atomic mass is 79.9. The second-order valence-electron chi connectivity index (χ2n) is 5.78. The maximum Gasteiger partial charge on any atom is 0.272 e. The van der Waals surface area contributed by atoms with Crippen LogP contribution >= 0.6 is 39.1 Å². The molecule has 1 N–H and O–H groups in total. The van der Waals surface area contributed by atoms with E-state index in [-0.39, 0.29) is 5.91 Å². The number of nitrogens with zero attached hydrogens (tertiary/aromatic N) is 1. The van der Waals surface area contributed by atoms with Crippen LogP contribution < -0.4 is 10.2 Å². The molecule has 0 aromatic heterocycles. The minimum atomic E-state index is -0.325. The summed E-state index contributed by atoms with van der Waals surface area (Å²) in [6.45, 7) is 0.364. The lowest BCUT2D eigenvalue weighted by Gasteiger charge is -2.10. The lowest BCUT2D eigenvalue weighted by molar-refractivity contribution is 0.0954. The van der Waals surface area contributed by atoms with Gasteiger partial charge in [0.1, 0.15) is 12.4 Å². The van der Waals surface area contributed by atoms with Gasteiger partial charge in [-0.15, -0.1) is 0 Å². The van der Waals surface area contributed by atoms with E-state index in [9.17, 15) is 4.79 Å². The molecule has 0 heterocycles. The van der Waals surface area contributed by atoms with Crippen LogP contribution in [-0.4, -0.2) is 12.1 Å². The molecule has 0 bridgehead atoms. The van der Waals surface area contributed by atoms with Crippen LogP contribution in [0.3, 0.4) is 0 Å². The Kier molecular flexibility index (Phi) is 7.09. The number of carbonyl (C=O) groups is 1. The van der Waals surface area contributed by atoms with Crippen molar-refractivity contribution in [2.24, 2.45) is 5.10 Å². The van der Waals surface area contributed by atoms with Crippen LogP contribution in [0.5, 0.6) is 5.75 Å². The van der Waals surface area contributed by atoms with Gasteiger partial charge in [0.15, 0.2) is 0 Å². The van der Waals surface area contributed by atoms with Crippen molar-refractivity contribution < 1.29 is 9.53 Å². The molecule has 0 radical (unpaired) electrons. The van der Waals surface area contributed by atoms with Gasteiger partial charge < -0.3 is 4.74 Å². The van der Waals surface area contributed by atoms with Gasteiger partial charge in [0.05, 0.1) is 11.8 Å². The molecule has 7 heteroatoms. The molecule has 0 atom stereocenters. The Balaban J connectivity index is 1.69. The highest BCUT2D eigenvalue weighted by Crippen LogP contribution is 2.23. The van der Waals surface area contributed by atoms with Gasteiger partial charge in [-0.1, -0.05) is 47.5 Å². The van der Waals surface area contributed by atoms with Crippen molar-refractivity contribution in [2.45, 2.75) is 6.61 Å². The first-order valence-electron chi connectivity index (χ1n) is 8.27. The molecule has 0 aliphatic carbocycles. The SMILES string of the molecule is O=C(N/N=C\c1cc(Cl)ccc1OCc1ccc(Cl)cc1)c1ccccc1Br. The second-order valence-corrected chi connectivity index (χ2v) is 7.50. The molecule has 0 spiro atoms. The molecule has 3 aromatic rings. The fourth-order valence-corrected chi connectivity index (χ4v) is 3.13. The molecular weight excluding hydrogens is 463 g/mol. The smallest absolute Gasteiger partial charge is 0.272 e. The monoisotopic (exact) mass is 476 g/mol. The zero-order chi connectivity index (χ0) is 19.9. The van der Waals surface area contributed by atoms with E-state index in [0.29, 0.717) is 38.0 Å². The van der Waals surface area contributed by atoms with Crippen molar-refractivity contribution in [1.29, 1.82) is 0 Å². The van der Waals surface area contributed by atoms with Gasteiger partial charge in [-0.25, -0.2) is 5.43 Å². The summed E-state index contributed by atoms with van der Waals surface area (Å²) >= 11 is 15.3. The third-order valence-electron chi connectivity index (χ3n) is 3.77. The number of hydrazone groups is 1. The summed E-state index contributed by atoms with van der Waals surface area (Å²) < 4.78 is 6.56. The first kappa shape index (κ1) is 20.4. The van der Waals surface area contributed by atoms with Crippen molar-refractivity contribution in [1.82, 2.24) is 5.43 Å². The Labute approximate surface area is 181 Å². The minimum absolute atomic E-state index is 0.325. The molecule has 1 amide bonds. The van der Waals surface area contributed by atoms with Crippen LogP contribution in [0.4, 0.5) is 0 Å². The minimum Gasteiger partial charge on any atom is -0.488 e. The summed E-state index contributed by atoms with van der Waals surface area (Å²) in [5.74, 6) is 0.271. The predicted octanol–water partition coefficient (Wildman–Crippen LogP) is 6.10. The number of rotatable bonds is 6. The first-order valence-corrected chi connectivity index (χ1v) is 9.82. The fourth-order valence-electron chi connectivity index (χ4n) is 2.36. The standard InChI is InChI=1S/C21H15BrCl2N2O2/c22-19-4-2-1-3-18(19)21(27)26-25-12-15-11-17(24)9-10-20(15)28-13-14-5-7-16(23)8-6-14/h1-12H,13H2,(H,26,27)/b25-12-. The van der Waals surface area contributed by atoms with Gasteiger partial charge in [-0.05, 0) is 64.0 Å². The zero-order valence-corrected chi connectivity index (χ0v) is 17.6. The molecule has 0 unspecified atom stereocenters. The lowest BCUT2D eigenvalue weighted by Crippen LogP contribution is -2.18. The number of halogens is 3. The third-order valence-corrected chi connectivity index (χ3v) is 4.95. The van der Waals surface area contributed by atoms with Crippen LogP contribution in [0.2, 0.25) is 10.0 Å². The van der Waals surface area contributed by atoms with Crippen LogP contribution in [0.15, 0.2) is 76.3 Å². The molecule has 0 saturated carbocycles. The van der Waals surface area contributed by atoms with E-state index in [4.69, 9.17) is 27.9 Å². The number of benzene rings is 3. The van der Waals surface area contributed by atoms with E-state index in [0.717, 1.165) is 5.56 Å². The number of hydrogen-bond donors (Lipinski definition) is 1. The van der Waals surface area contributed by atoms with Crippen molar-refractivity contribution in [3.8, 4) is 5.75 Å². The second kappa shape index (κ2) is 9.73. The Morgan fingerprint density at radius 1 is 1.04 bits per heavy atom. The number of carbonyl (C=O) groups excluding carboxylic acids is 1.